The predicted octanol–water partition coefficient (Wildman–Crippen LogP) is 0.447. The summed E-state index contributed by atoms with van der Waals surface area (Å²) in [6, 6.07) is 8.01. The number of amides is 1. The molecule has 5 heteroatoms. The average Bonchev–Trinajstić information content (AvgIpc) is 2.83. The Labute approximate surface area is 99.3 Å². The Hall–Kier alpha value is -2.14. The molecule has 3 N–H and O–H groups in total. The lowest BCUT2D eigenvalue weighted by molar-refractivity contribution is -0.117. The highest BCUT2D eigenvalue weighted by Crippen LogP contribution is 2.08. The second-order valence-electron chi connectivity index (χ2n) is 3.71. The molecular formula is C12H14N4O. The second kappa shape index (κ2) is 5.27. The number of benzene rings is 1. The Balaban J connectivity index is 1.96. The first kappa shape index (κ1) is 11.3. The molecular weight excluding hydrogens is 216 g/mol. The van der Waals surface area contributed by atoms with Gasteiger partial charge in [-0.1, -0.05) is 12.1 Å². The highest BCUT2D eigenvalue weighted by molar-refractivity contribution is 5.75. The van der Waals surface area contributed by atoms with Crippen LogP contribution >= 0.6 is 0 Å². The molecule has 0 fully saturated rings. The zero-order chi connectivity index (χ0) is 12.1. The van der Waals surface area contributed by atoms with Gasteiger partial charge in [-0.05, 0) is 17.7 Å². The molecule has 0 bridgehead atoms. The quantitative estimate of drug-likeness (QED) is 0.783. The van der Waals surface area contributed by atoms with Crippen molar-refractivity contribution in [2.75, 3.05) is 6.54 Å². The van der Waals surface area contributed by atoms with Gasteiger partial charge < -0.3 is 15.6 Å². The van der Waals surface area contributed by atoms with Gasteiger partial charge in [-0.2, -0.15) is 0 Å². The highest BCUT2D eigenvalue weighted by atomic mass is 16.1. The van der Waals surface area contributed by atoms with Crippen LogP contribution in [0.15, 0.2) is 43.0 Å². The molecule has 2 aromatic rings. The van der Waals surface area contributed by atoms with E-state index in [4.69, 9.17) is 5.73 Å². The summed E-state index contributed by atoms with van der Waals surface area (Å²) in [6.45, 7) is 0.830. The number of nitrogens with zero attached hydrogens (tertiary/aromatic N) is 2. The van der Waals surface area contributed by atoms with E-state index >= 15 is 0 Å². The first-order chi connectivity index (χ1) is 8.25. The van der Waals surface area contributed by atoms with Crippen molar-refractivity contribution < 1.29 is 4.79 Å². The van der Waals surface area contributed by atoms with E-state index < -0.39 is 0 Å². The maximum absolute atomic E-state index is 10.5. The van der Waals surface area contributed by atoms with Gasteiger partial charge in [-0.3, -0.25) is 4.79 Å². The van der Waals surface area contributed by atoms with Crippen LogP contribution in [-0.2, 0) is 11.3 Å². The maximum atomic E-state index is 10.5. The predicted molar refractivity (Wildman–Crippen MR) is 64.5 cm³/mol. The average molecular weight is 230 g/mol. The minimum Gasteiger partial charge on any atom is -0.369 e. The standard InChI is InChI=1S/C12H14N4O/c13-12(17)8-15-7-10-1-3-11(4-2-10)16-6-5-14-9-16/h1-6,9,15H,7-8H2,(H2,13,17). The van der Waals surface area contributed by atoms with Crippen molar-refractivity contribution in [3.05, 3.63) is 48.5 Å². The van der Waals surface area contributed by atoms with E-state index in [0.29, 0.717) is 6.54 Å². The molecule has 0 unspecified atom stereocenters. The molecule has 17 heavy (non-hydrogen) atoms. The van der Waals surface area contributed by atoms with E-state index in [1.54, 1.807) is 12.5 Å². The summed E-state index contributed by atoms with van der Waals surface area (Å²) in [5.74, 6) is -0.347. The summed E-state index contributed by atoms with van der Waals surface area (Å²) >= 11 is 0. The minimum absolute atomic E-state index is 0.198. The fraction of sp³-hybridized carbons (Fsp3) is 0.167. The molecule has 1 aromatic carbocycles. The van der Waals surface area contributed by atoms with Crippen molar-refractivity contribution in [2.45, 2.75) is 6.54 Å². The zero-order valence-electron chi connectivity index (χ0n) is 9.34. The van der Waals surface area contributed by atoms with E-state index in [2.05, 4.69) is 10.3 Å². The number of primary amides is 1. The van der Waals surface area contributed by atoms with Gasteiger partial charge in [0.25, 0.3) is 0 Å². The van der Waals surface area contributed by atoms with E-state index in [0.717, 1.165) is 11.3 Å². The smallest absolute Gasteiger partial charge is 0.231 e. The third-order valence-electron chi connectivity index (χ3n) is 2.37. The van der Waals surface area contributed by atoms with E-state index in [-0.39, 0.29) is 12.5 Å². The van der Waals surface area contributed by atoms with Gasteiger partial charge in [0.2, 0.25) is 5.91 Å². The molecule has 2 rings (SSSR count). The lowest BCUT2D eigenvalue weighted by atomic mass is 10.2. The van der Waals surface area contributed by atoms with Gasteiger partial charge in [0.15, 0.2) is 0 Å². The Morgan fingerprint density at radius 3 is 2.71 bits per heavy atom. The number of nitrogens with two attached hydrogens (primary N) is 1. The van der Waals surface area contributed by atoms with Crippen LogP contribution in [0.3, 0.4) is 0 Å². The SMILES string of the molecule is NC(=O)CNCc1ccc(-n2ccnc2)cc1. The molecule has 0 aliphatic rings. The van der Waals surface area contributed by atoms with E-state index in [1.807, 2.05) is 35.0 Å². The van der Waals surface area contributed by atoms with Gasteiger partial charge in [0.05, 0.1) is 12.9 Å². The fourth-order valence-corrected chi connectivity index (χ4v) is 1.53. The van der Waals surface area contributed by atoms with Crippen molar-refractivity contribution in [1.82, 2.24) is 14.9 Å². The van der Waals surface area contributed by atoms with Crippen LogP contribution < -0.4 is 11.1 Å². The summed E-state index contributed by atoms with van der Waals surface area (Å²) in [4.78, 5) is 14.5. The van der Waals surface area contributed by atoms with E-state index in [1.165, 1.54) is 0 Å². The van der Waals surface area contributed by atoms with Crippen molar-refractivity contribution in [3.63, 3.8) is 0 Å². The van der Waals surface area contributed by atoms with Crippen LogP contribution in [-0.4, -0.2) is 22.0 Å². The van der Waals surface area contributed by atoms with Crippen LogP contribution in [0, 0.1) is 0 Å². The Morgan fingerprint density at radius 2 is 2.12 bits per heavy atom. The normalized spacial score (nSPS) is 10.4. The van der Waals surface area contributed by atoms with Crippen molar-refractivity contribution in [1.29, 1.82) is 0 Å². The Bertz CT molecular complexity index is 476. The monoisotopic (exact) mass is 230 g/mol. The number of hydrogen-bond donors (Lipinski definition) is 2. The summed E-state index contributed by atoms with van der Waals surface area (Å²) in [5.41, 5.74) is 7.20. The molecule has 0 radical (unpaired) electrons. The lowest BCUT2D eigenvalue weighted by Gasteiger charge is -2.05. The van der Waals surface area contributed by atoms with Gasteiger partial charge in [-0.15, -0.1) is 0 Å². The molecule has 0 saturated heterocycles. The second-order valence-corrected chi connectivity index (χ2v) is 3.71. The van der Waals surface area contributed by atoms with Crippen LogP contribution in [0.2, 0.25) is 0 Å². The maximum Gasteiger partial charge on any atom is 0.231 e. The van der Waals surface area contributed by atoms with Crippen molar-refractivity contribution >= 4 is 5.91 Å². The number of rotatable bonds is 5. The number of imidazole rings is 1. The van der Waals surface area contributed by atoms with Crippen LogP contribution in [0.4, 0.5) is 0 Å². The zero-order valence-corrected chi connectivity index (χ0v) is 9.34. The third-order valence-corrected chi connectivity index (χ3v) is 2.37. The molecule has 0 saturated carbocycles. The third kappa shape index (κ3) is 3.15. The molecule has 1 amide bonds. The van der Waals surface area contributed by atoms with Crippen LogP contribution in [0.1, 0.15) is 5.56 Å². The Kier molecular flexibility index (Phi) is 3.52. The number of carbonyl (C=O) groups excluding carboxylic acids is 1. The minimum atomic E-state index is -0.347. The van der Waals surface area contributed by atoms with Crippen LogP contribution in [0.5, 0.6) is 0 Å². The topological polar surface area (TPSA) is 72.9 Å². The molecule has 1 heterocycles. The summed E-state index contributed by atoms with van der Waals surface area (Å²) < 4.78 is 1.93. The van der Waals surface area contributed by atoms with Crippen molar-refractivity contribution in [2.24, 2.45) is 5.73 Å². The molecule has 5 nitrogen and oxygen atoms in total. The van der Waals surface area contributed by atoms with Crippen molar-refractivity contribution in [3.8, 4) is 5.69 Å². The number of carbonyl (C=O) groups is 1. The van der Waals surface area contributed by atoms with Gasteiger partial charge in [0, 0.05) is 24.6 Å². The lowest BCUT2D eigenvalue weighted by Crippen LogP contribution is -2.28. The van der Waals surface area contributed by atoms with Crippen LogP contribution in [0.25, 0.3) is 5.69 Å². The fourth-order valence-electron chi connectivity index (χ4n) is 1.53. The molecule has 0 atom stereocenters. The molecule has 0 aliphatic carbocycles. The van der Waals surface area contributed by atoms with Gasteiger partial charge >= 0.3 is 0 Å². The number of aromatic nitrogens is 2. The van der Waals surface area contributed by atoms with Gasteiger partial charge in [0.1, 0.15) is 0 Å². The first-order valence-corrected chi connectivity index (χ1v) is 5.32. The summed E-state index contributed by atoms with van der Waals surface area (Å²) in [6.07, 6.45) is 5.38. The van der Waals surface area contributed by atoms with Gasteiger partial charge in [-0.25, -0.2) is 4.98 Å². The Morgan fingerprint density at radius 1 is 1.35 bits per heavy atom. The number of nitrogens with one attached hydrogen (secondary N) is 1. The summed E-state index contributed by atoms with van der Waals surface area (Å²) in [7, 11) is 0. The number of hydrogen-bond acceptors (Lipinski definition) is 3. The highest BCUT2D eigenvalue weighted by Gasteiger charge is 1.97. The molecule has 88 valence electrons. The first-order valence-electron chi connectivity index (χ1n) is 5.32. The molecule has 0 spiro atoms. The largest absolute Gasteiger partial charge is 0.369 e. The van der Waals surface area contributed by atoms with E-state index in [9.17, 15) is 4.79 Å². The summed E-state index contributed by atoms with van der Waals surface area (Å²) in [5, 5.41) is 2.96. The molecule has 1 aromatic heterocycles. The molecule has 0 aliphatic heterocycles.